The van der Waals surface area contributed by atoms with E-state index in [9.17, 15) is 9.59 Å². The molecule has 0 aliphatic carbocycles. The molecular formula is C25H22N2O4S. The van der Waals surface area contributed by atoms with Gasteiger partial charge < -0.3 is 9.47 Å². The number of nitrogens with one attached hydrogen (secondary N) is 1. The van der Waals surface area contributed by atoms with Gasteiger partial charge in [-0.2, -0.15) is 0 Å². The number of hydrogen-bond donors (Lipinski definition) is 1. The van der Waals surface area contributed by atoms with Crippen molar-refractivity contribution < 1.29 is 19.1 Å². The number of ether oxygens (including phenoxy) is 2. The summed E-state index contributed by atoms with van der Waals surface area (Å²) in [6.07, 6.45) is 0.141. The van der Waals surface area contributed by atoms with Crippen molar-refractivity contribution in [2.45, 2.75) is 12.3 Å². The zero-order chi connectivity index (χ0) is 22.3. The number of carbonyl (C=O) groups excluding carboxylic acids is 2. The first-order chi connectivity index (χ1) is 15.6. The summed E-state index contributed by atoms with van der Waals surface area (Å²) in [5.74, 6) is -0.293. The van der Waals surface area contributed by atoms with Gasteiger partial charge in [0.25, 0.3) is 5.91 Å². The Morgan fingerprint density at radius 1 is 0.969 bits per heavy atom. The topological polar surface area (TPSA) is 77.5 Å². The summed E-state index contributed by atoms with van der Waals surface area (Å²) in [6, 6.07) is 25.1. The van der Waals surface area contributed by atoms with Crippen molar-refractivity contribution in [1.82, 2.24) is 4.98 Å². The number of rotatable bonds is 8. The van der Waals surface area contributed by atoms with E-state index < -0.39 is 11.9 Å². The number of thiazole rings is 1. The number of anilines is 1. The van der Waals surface area contributed by atoms with Crippen LogP contribution in [0.2, 0.25) is 0 Å². The van der Waals surface area contributed by atoms with Crippen molar-refractivity contribution in [3.8, 4) is 5.75 Å². The molecule has 32 heavy (non-hydrogen) atoms. The largest absolute Gasteiger partial charge is 0.497 e. The normalized spacial score (nSPS) is 10.8. The Morgan fingerprint density at radius 2 is 1.62 bits per heavy atom. The third-order valence-corrected chi connectivity index (χ3v) is 5.91. The highest BCUT2D eigenvalue weighted by Crippen LogP contribution is 2.30. The van der Waals surface area contributed by atoms with E-state index in [2.05, 4.69) is 10.3 Å². The molecule has 0 atom stereocenters. The first kappa shape index (κ1) is 21.5. The van der Waals surface area contributed by atoms with Gasteiger partial charge in [-0.1, -0.05) is 72.0 Å². The van der Waals surface area contributed by atoms with Gasteiger partial charge in [-0.3, -0.25) is 14.9 Å². The molecule has 1 N–H and O–H groups in total. The van der Waals surface area contributed by atoms with E-state index in [0.29, 0.717) is 5.13 Å². The lowest BCUT2D eigenvalue weighted by molar-refractivity contribution is -0.147. The molecule has 0 aliphatic heterocycles. The molecule has 0 saturated heterocycles. The molecule has 0 bridgehead atoms. The Kier molecular flexibility index (Phi) is 6.77. The summed E-state index contributed by atoms with van der Waals surface area (Å²) in [7, 11) is 1.60. The molecule has 3 aromatic carbocycles. The predicted molar refractivity (Wildman–Crippen MR) is 125 cm³/mol. The summed E-state index contributed by atoms with van der Waals surface area (Å²) < 4.78 is 11.4. The van der Waals surface area contributed by atoms with Gasteiger partial charge in [0.1, 0.15) is 5.75 Å². The van der Waals surface area contributed by atoms with Crippen molar-refractivity contribution in [3.05, 3.63) is 90.0 Å². The average Bonchev–Trinajstić information content (AvgIpc) is 3.23. The summed E-state index contributed by atoms with van der Waals surface area (Å²) in [5, 5.41) is 3.14. The number of methoxy groups -OCH3 is 1. The summed E-state index contributed by atoms with van der Waals surface area (Å²) in [4.78, 5) is 29.2. The Labute approximate surface area is 189 Å². The van der Waals surface area contributed by atoms with Crippen LogP contribution in [0, 0.1) is 0 Å². The van der Waals surface area contributed by atoms with Crippen molar-refractivity contribution in [1.29, 1.82) is 0 Å². The summed E-state index contributed by atoms with van der Waals surface area (Å²) in [6.45, 7) is -0.367. The lowest BCUT2D eigenvalue weighted by atomic mass is 9.89. The minimum atomic E-state index is -0.438. The maximum absolute atomic E-state index is 12.5. The Balaban J connectivity index is 1.36. The van der Waals surface area contributed by atoms with Crippen LogP contribution in [0.5, 0.6) is 5.75 Å². The lowest BCUT2D eigenvalue weighted by Gasteiger charge is -2.17. The zero-order valence-electron chi connectivity index (χ0n) is 17.5. The number of nitrogens with zero attached hydrogens (tertiary/aromatic N) is 1. The van der Waals surface area contributed by atoms with Crippen molar-refractivity contribution in [2.75, 3.05) is 19.0 Å². The van der Waals surface area contributed by atoms with E-state index in [-0.39, 0.29) is 18.9 Å². The third-order valence-electron chi connectivity index (χ3n) is 4.98. The highest BCUT2D eigenvalue weighted by atomic mass is 32.1. The summed E-state index contributed by atoms with van der Waals surface area (Å²) in [5.41, 5.74) is 2.80. The second-order valence-corrected chi connectivity index (χ2v) is 8.17. The molecule has 4 aromatic rings. The molecule has 7 heteroatoms. The fourth-order valence-corrected chi connectivity index (χ4v) is 4.32. The molecule has 0 spiro atoms. The first-order valence-corrected chi connectivity index (χ1v) is 10.9. The monoisotopic (exact) mass is 446 g/mol. The van der Waals surface area contributed by atoms with Crippen molar-refractivity contribution in [3.63, 3.8) is 0 Å². The Hall–Kier alpha value is -3.71. The zero-order valence-corrected chi connectivity index (χ0v) is 18.3. The van der Waals surface area contributed by atoms with E-state index in [1.165, 1.54) is 11.3 Å². The maximum atomic E-state index is 12.5. The minimum absolute atomic E-state index is 0.141. The molecule has 1 aromatic heterocycles. The van der Waals surface area contributed by atoms with Crippen LogP contribution in [0.4, 0.5) is 5.13 Å². The lowest BCUT2D eigenvalue weighted by Crippen LogP contribution is -2.21. The van der Waals surface area contributed by atoms with E-state index in [1.807, 2.05) is 78.9 Å². The molecule has 0 aliphatic rings. The van der Waals surface area contributed by atoms with Gasteiger partial charge in [-0.05, 0) is 29.3 Å². The standard InChI is InChI=1S/C25H22N2O4S/c1-30-19-12-13-21-22(14-19)32-25(26-21)27-23(28)16-31-24(29)15-20(17-8-4-2-5-9-17)18-10-6-3-7-11-18/h2-14,20H,15-16H2,1H3,(H,26,27,28). The Morgan fingerprint density at radius 3 is 2.25 bits per heavy atom. The minimum Gasteiger partial charge on any atom is -0.497 e. The maximum Gasteiger partial charge on any atom is 0.307 e. The van der Waals surface area contributed by atoms with Crippen molar-refractivity contribution >= 4 is 38.6 Å². The van der Waals surface area contributed by atoms with Crippen LogP contribution in [0.15, 0.2) is 78.9 Å². The van der Waals surface area contributed by atoms with Gasteiger partial charge in [0.05, 0.1) is 23.7 Å². The van der Waals surface area contributed by atoms with Gasteiger partial charge in [0, 0.05) is 5.92 Å². The summed E-state index contributed by atoms with van der Waals surface area (Å²) >= 11 is 1.33. The molecule has 0 saturated carbocycles. The second kappa shape index (κ2) is 10.1. The van der Waals surface area contributed by atoms with E-state index >= 15 is 0 Å². The number of aromatic nitrogens is 1. The number of fused-ring (bicyclic) bond motifs is 1. The molecule has 0 radical (unpaired) electrons. The first-order valence-electron chi connectivity index (χ1n) is 10.1. The molecule has 6 nitrogen and oxygen atoms in total. The SMILES string of the molecule is COc1ccc2nc(NC(=O)COC(=O)CC(c3ccccc3)c3ccccc3)sc2c1. The fourth-order valence-electron chi connectivity index (χ4n) is 3.41. The third kappa shape index (κ3) is 5.31. The number of esters is 1. The predicted octanol–water partition coefficient (Wildman–Crippen LogP) is 5.01. The molecule has 1 amide bonds. The highest BCUT2D eigenvalue weighted by Gasteiger charge is 2.20. The molecule has 162 valence electrons. The van der Waals surface area contributed by atoms with Crippen LogP contribution in [0.3, 0.4) is 0 Å². The van der Waals surface area contributed by atoms with E-state index in [1.54, 1.807) is 7.11 Å². The van der Waals surface area contributed by atoms with Crippen LogP contribution < -0.4 is 10.1 Å². The number of amides is 1. The van der Waals surface area contributed by atoms with Gasteiger partial charge in [-0.15, -0.1) is 0 Å². The van der Waals surface area contributed by atoms with Gasteiger partial charge in [0.15, 0.2) is 11.7 Å². The van der Waals surface area contributed by atoms with Gasteiger partial charge in [-0.25, -0.2) is 4.98 Å². The highest BCUT2D eigenvalue weighted by molar-refractivity contribution is 7.22. The van der Waals surface area contributed by atoms with E-state index in [0.717, 1.165) is 27.1 Å². The average molecular weight is 447 g/mol. The smallest absolute Gasteiger partial charge is 0.307 e. The number of hydrogen-bond acceptors (Lipinski definition) is 6. The molecule has 0 unspecified atom stereocenters. The second-order valence-electron chi connectivity index (χ2n) is 7.14. The van der Waals surface area contributed by atoms with Crippen LogP contribution in [0.25, 0.3) is 10.2 Å². The Bertz CT molecular complexity index is 1170. The number of carbonyl (C=O) groups is 2. The van der Waals surface area contributed by atoms with Crippen LogP contribution in [0.1, 0.15) is 23.5 Å². The molecule has 4 rings (SSSR count). The fraction of sp³-hybridized carbons (Fsp3) is 0.160. The van der Waals surface area contributed by atoms with Crippen LogP contribution in [-0.4, -0.2) is 30.6 Å². The quantitative estimate of drug-likeness (QED) is 0.385. The van der Waals surface area contributed by atoms with Crippen LogP contribution >= 0.6 is 11.3 Å². The van der Waals surface area contributed by atoms with E-state index in [4.69, 9.17) is 9.47 Å². The van der Waals surface area contributed by atoms with Gasteiger partial charge >= 0.3 is 5.97 Å². The molecule has 0 fully saturated rings. The van der Waals surface area contributed by atoms with Crippen molar-refractivity contribution in [2.24, 2.45) is 0 Å². The molecule has 1 heterocycles. The van der Waals surface area contributed by atoms with Gasteiger partial charge in [0.2, 0.25) is 0 Å². The van der Waals surface area contributed by atoms with Crippen LogP contribution in [-0.2, 0) is 14.3 Å². The molecular weight excluding hydrogens is 424 g/mol. The number of benzene rings is 3.